The smallest absolute Gasteiger partial charge is 0.232 e. The third-order valence-electron chi connectivity index (χ3n) is 3.93. The van der Waals surface area contributed by atoms with Gasteiger partial charge in [-0.05, 0) is 33.0 Å². The molecule has 2 rings (SSSR count). The van der Waals surface area contributed by atoms with Crippen LogP contribution in [0.5, 0.6) is 0 Å². The molecule has 0 aromatic carbocycles. The predicted molar refractivity (Wildman–Crippen MR) is 70.4 cm³/mol. The number of hydrogen-bond donors (Lipinski definition) is 3. The van der Waals surface area contributed by atoms with Crippen LogP contribution in [-0.4, -0.2) is 75.1 Å². The Hall–Kier alpha value is -0.0500. The number of likely N-dealkylation sites (N-methyl/N-ethyl adjacent to an activating group) is 1. The van der Waals surface area contributed by atoms with Gasteiger partial charge in [0.05, 0.1) is 12.1 Å². The van der Waals surface area contributed by atoms with Crippen molar-refractivity contribution in [2.75, 3.05) is 33.2 Å². The first-order valence-electron chi connectivity index (χ1n) is 6.55. The van der Waals surface area contributed by atoms with Gasteiger partial charge in [-0.2, -0.15) is 0 Å². The van der Waals surface area contributed by atoms with Gasteiger partial charge in [-0.1, -0.05) is 6.42 Å². The Morgan fingerprint density at radius 3 is 2.50 bits per heavy atom. The van der Waals surface area contributed by atoms with E-state index in [-0.39, 0.29) is 12.1 Å². The first-order chi connectivity index (χ1) is 8.58. The SMILES string of the molecule is CN1CC(N2CCCCC2)[C@H](O)[C@@H](NS(=O)O)C1. The van der Waals surface area contributed by atoms with E-state index >= 15 is 0 Å². The zero-order valence-corrected chi connectivity index (χ0v) is 11.6. The maximum absolute atomic E-state index is 10.9. The van der Waals surface area contributed by atoms with Crippen molar-refractivity contribution in [3.05, 3.63) is 0 Å². The molecule has 2 aliphatic heterocycles. The number of nitrogens with zero attached hydrogens (tertiary/aromatic N) is 2. The fourth-order valence-electron chi connectivity index (χ4n) is 3.03. The van der Waals surface area contributed by atoms with Gasteiger partial charge in [-0.15, -0.1) is 0 Å². The van der Waals surface area contributed by atoms with E-state index in [1.807, 2.05) is 7.05 Å². The molecule has 18 heavy (non-hydrogen) atoms. The van der Waals surface area contributed by atoms with Gasteiger partial charge in [0, 0.05) is 19.1 Å². The lowest BCUT2D eigenvalue weighted by Gasteiger charge is -2.45. The molecule has 0 amide bonds. The van der Waals surface area contributed by atoms with Crippen molar-refractivity contribution in [1.29, 1.82) is 0 Å². The number of aliphatic hydroxyl groups excluding tert-OH is 1. The lowest BCUT2D eigenvalue weighted by Crippen LogP contribution is -2.64. The molecule has 0 bridgehead atoms. The number of nitrogens with one attached hydrogen (secondary N) is 1. The second kappa shape index (κ2) is 6.40. The number of hydrogen-bond acceptors (Lipinski definition) is 4. The molecule has 2 saturated heterocycles. The van der Waals surface area contributed by atoms with Gasteiger partial charge < -0.3 is 10.0 Å². The van der Waals surface area contributed by atoms with Crippen LogP contribution in [0.4, 0.5) is 0 Å². The first kappa shape index (κ1) is 14.4. The zero-order chi connectivity index (χ0) is 13.1. The van der Waals surface area contributed by atoms with Gasteiger partial charge in [0.2, 0.25) is 11.3 Å². The Morgan fingerprint density at radius 1 is 1.22 bits per heavy atom. The summed E-state index contributed by atoms with van der Waals surface area (Å²) in [7, 11) is 1.98. The summed E-state index contributed by atoms with van der Waals surface area (Å²) in [5.74, 6) is 0. The Kier molecular flexibility index (Phi) is 5.11. The van der Waals surface area contributed by atoms with Crippen LogP contribution in [0.2, 0.25) is 0 Å². The third-order valence-corrected chi connectivity index (χ3v) is 4.43. The Morgan fingerprint density at radius 2 is 1.89 bits per heavy atom. The van der Waals surface area contributed by atoms with Gasteiger partial charge in [0.25, 0.3) is 0 Å². The minimum atomic E-state index is -2.07. The molecule has 0 aromatic rings. The molecule has 0 saturated carbocycles. The maximum atomic E-state index is 10.9. The van der Waals surface area contributed by atoms with E-state index in [0.29, 0.717) is 6.54 Å². The van der Waals surface area contributed by atoms with Gasteiger partial charge >= 0.3 is 0 Å². The summed E-state index contributed by atoms with van der Waals surface area (Å²) in [6.45, 7) is 3.45. The molecule has 7 heteroatoms. The lowest BCUT2D eigenvalue weighted by atomic mass is 9.95. The largest absolute Gasteiger partial charge is 0.390 e. The van der Waals surface area contributed by atoms with Gasteiger partial charge in [0.1, 0.15) is 0 Å². The van der Waals surface area contributed by atoms with E-state index in [0.717, 1.165) is 19.6 Å². The summed E-state index contributed by atoms with van der Waals surface area (Å²) in [5.41, 5.74) is 0. The number of piperidine rings is 2. The molecule has 0 aliphatic carbocycles. The minimum Gasteiger partial charge on any atom is -0.390 e. The number of rotatable bonds is 3. The van der Waals surface area contributed by atoms with Gasteiger partial charge in [-0.25, -0.2) is 8.93 Å². The van der Waals surface area contributed by atoms with E-state index in [1.54, 1.807) is 0 Å². The highest BCUT2D eigenvalue weighted by Crippen LogP contribution is 2.20. The van der Waals surface area contributed by atoms with Crippen molar-refractivity contribution in [1.82, 2.24) is 14.5 Å². The Bertz CT molecular complexity index is 299. The highest BCUT2D eigenvalue weighted by molar-refractivity contribution is 7.77. The van der Waals surface area contributed by atoms with E-state index in [9.17, 15) is 9.32 Å². The van der Waals surface area contributed by atoms with E-state index in [1.165, 1.54) is 19.3 Å². The van der Waals surface area contributed by atoms with Crippen molar-refractivity contribution < 1.29 is 13.9 Å². The quantitative estimate of drug-likeness (QED) is 0.591. The molecule has 2 heterocycles. The molecule has 0 radical (unpaired) electrons. The summed E-state index contributed by atoms with van der Waals surface area (Å²) in [4.78, 5) is 4.43. The van der Waals surface area contributed by atoms with Crippen LogP contribution < -0.4 is 4.72 Å². The maximum Gasteiger partial charge on any atom is 0.232 e. The average molecular weight is 277 g/mol. The lowest BCUT2D eigenvalue weighted by molar-refractivity contribution is -0.0276. The second-order valence-corrected chi connectivity index (χ2v) is 6.08. The van der Waals surface area contributed by atoms with Crippen molar-refractivity contribution in [2.24, 2.45) is 0 Å². The standard InChI is InChI=1S/C11H23N3O3S/c1-13-7-9(12-18(16)17)11(15)10(8-13)14-5-3-2-4-6-14/h9-12,15H,2-8H2,1H3,(H,16,17)/t9-,10?,11+/m0/s1. The van der Waals surface area contributed by atoms with Crippen molar-refractivity contribution >= 4 is 11.3 Å². The molecule has 0 spiro atoms. The molecule has 2 unspecified atom stereocenters. The van der Waals surface area contributed by atoms with Crippen molar-refractivity contribution in [2.45, 2.75) is 37.5 Å². The fourth-order valence-corrected chi connectivity index (χ4v) is 3.50. The summed E-state index contributed by atoms with van der Waals surface area (Å²) in [6.07, 6.45) is 3.03. The molecule has 2 aliphatic rings. The van der Waals surface area contributed by atoms with Crippen LogP contribution in [0, 0.1) is 0 Å². The van der Waals surface area contributed by atoms with Crippen molar-refractivity contribution in [3.8, 4) is 0 Å². The normalized spacial score (nSPS) is 37.6. The minimum absolute atomic E-state index is 0.0603. The fraction of sp³-hybridized carbons (Fsp3) is 1.00. The molecule has 0 aromatic heterocycles. The van der Waals surface area contributed by atoms with Crippen molar-refractivity contribution in [3.63, 3.8) is 0 Å². The molecule has 3 N–H and O–H groups in total. The monoisotopic (exact) mass is 277 g/mol. The first-order valence-corrected chi connectivity index (χ1v) is 7.66. The van der Waals surface area contributed by atoms with Crippen LogP contribution in [0.25, 0.3) is 0 Å². The highest BCUT2D eigenvalue weighted by atomic mass is 32.2. The summed E-state index contributed by atoms with van der Waals surface area (Å²) < 4.78 is 22.3. The second-order valence-electron chi connectivity index (χ2n) is 5.35. The molecular weight excluding hydrogens is 254 g/mol. The number of likely N-dealkylation sites (tertiary alicyclic amines) is 2. The van der Waals surface area contributed by atoms with Crippen LogP contribution in [-0.2, 0) is 11.3 Å². The van der Waals surface area contributed by atoms with E-state index < -0.39 is 17.4 Å². The van der Waals surface area contributed by atoms with Crippen LogP contribution >= 0.6 is 0 Å². The van der Waals surface area contributed by atoms with E-state index in [4.69, 9.17) is 4.55 Å². The predicted octanol–water partition coefficient (Wildman–Crippen LogP) is -0.758. The molecule has 2 fully saturated rings. The van der Waals surface area contributed by atoms with Gasteiger partial charge in [-0.3, -0.25) is 9.45 Å². The summed E-state index contributed by atoms with van der Waals surface area (Å²) in [5, 5.41) is 10.4. The van der Waals surface area contributed by atoms with E-state index in [2.05, 4.69) is 14.5 Å². The Labute approximate surface area is 111 Å². The Balaban J connectivity index is 2.01. The summed E-state index contributed by atoms with van der Waals surface area (Å²) >= 11 is -2.07. The van der Waals surface area contributed by atoms with Gasteiger partial charge in [0.15, 0.2) is 0 Å². The zero-order valence-electron chi connectivity index (χ0n) is 10.8. The third kappa shape index (κ3) is 3.49. The highest BCUT2D eigenvalue weighted by Gasteiger charge is 2.38. The van der Waals surface area contributed by atoms with Crippen LogP contribution in [0.3, 0.4) is 0 Å². The van der Waals surface area contributed by atoms with Crippen LogP contribution in [0.15, 0.2) is 0 Å². The molecular formula is C11H23N3O3S. The molecule has 4 atom stereocenters. The molecule has 6 nitrogen and oxygen atoms in total. The number of aliphatic hydroxyl groups is 1. The molecule has 106 valence electrons. The topological polar surface area (TPSA) is 76.0 Å². The summed E-state index contributed by atoms with van der Waals surface area (Å²) in [6, 6.07) is -0.286. The van der Waals surface area contributed by atoms with Crippen LogP contribution in [0.1, 0.15) is 19.3 Å². The average Bonchev–Trinajstić information content (AvgIpc) is 2.34.